The lowest BCUT2D eigenvalue weighted by Gasteiger charge is -2.06. The van der Waals surface area contributed by atoms with E-state index in [1.807, 2.05) is 12.1 Å². The van der Waals surface area contributed by atoms with Gasteiger partial charge in [0.25, 0.3) is 0 Å². The topological polar surface area (TPSA) is 52.9 Å². The summed E-state index contributed by atoms with van der Waals surface area (Å²) in [5.41, 5.74) is -0.715. The average molecular weight is 255 g/mol. The predicted molar refractivity (Wildman–Crippen MR) is 63.3 cm³/mol. The van der Waals surface area contributed by atoms with Crippen LogP contribution in [0.1, 0.15) is 17.7 Å². The van der Waals surface area contributed by atoms with Gasteiger partial charge in [0.1, 0.15) is 5.41 Å². The summed E-state index contributed by atoms with van der Waals surface area (Å²) in [6.07, 6.45) is 2.16. The molecule has 0 unspecified atom stereocenters. The molecule has 1 aliphatic rings. The predicted octanol–water partition coefficient (Wildman–Crippen LogP) is 2.36. The Bertz CT molecular complexity index is 445. The Morgan fingerprint density at radius 2 is 2.38 bits per heavy atom. The highest BCUT2D eigenvalue weighted by molar-refractivity contribution is 7.16. The molecule has 84 valence electrons. The van der Waals surface area contributed by atoms with Crippen LogP contribution in [-0.2, 0) is 11.2 Å². The van der Waals surface area contributed by atoms with Gasteiger partial charge in [-0.1, -0.05) is 11.6 Å². The summed E-state index contributed by atoms with van der Waals surface area (Å²) >= 11 is 7.31. The van der Waals surface area contributed by atoms with Crippen molar-refractivity contribution in [2.75, 3.05) is 6.54 Å². The molecule has 1 aromatic heterocycles. The maximum atomic E-state index is 11.6. The third kappa shape index (κ3) is 2.37. The first kappa shape index (κ1) is 11.4. The largest absolute Gasteiger partial charge is 0.354 e. The molecule has 0 radical (unpaired) electrons. The highest BCUT2D eigenvalue weighted by Crippen LogP contribution is 2.44. The van der Waals surface area contributed by atoms with Gasteiger partial charge in [-0.2, -0.15) is 5.26 Å². The second-order valence-electron chi connectivity index (χ2n) is 3.91. The smallest absolute Gasteiger partial charge is 0.240 e. The number of rotatable bonds is 4. The molecule has 1 aliphatic carbocycles. The van der Waals surface area contributed by atoms with Crippen LogP contribution in [0.15, 0.2) is 12.1 Å². The van der Waals surface area contributed by atoms with E-state index in [0.717, 1.165) is 15.6 Å². The fourth-order valence-electron chi connectivity index (χ4n) is 1.47. The zero-order valence-corrected chi connectivity index (χ0v) is 10.2. The lowest BCUT2D eigenvalue weighted by atomic mass is 10.1. The minimum absolute atomic E-state index is 0.127. The number of thiophene rings is 1. The Hall–Kier alpha value is -1.05. The van der Waals surface area contributed by atoms with E-state index >= 15 is 0 Å². The Labute approximate surface area is 103 Å². The van der Waals surface area contributed by atoms with Crippen LogP contribution in [-0.4, -0.2) is 12.5 Å². The fourth-order valence-corrected chi connectivity index (χ4v) is 2.56. The van der Waals surface area contributed by atoms with Crippen LogP contribution in [0.4, 0.5) is 0 Å². The highest BCUT2D eigenvalue weighted by atomic mass is 35.5. The van der Waals surface area contributed by atoms with Crippen molar-refractivity contribution in [1.82, 2.24) is 5.32 Å². The Morgan fingerprint density at radius 3 is 2.88 bits per heavy atom. The van der Waals surface area contributed by atoms with Gasteiger partial charge in [-0.25, -0.2) is 0 Å². The second kappa shape index (κ2) is 4.44. The molecule has 1 N–H and O–H groups in total. The van der Waals surface area contributed by atoms with Crippen LogP contribution in [0.25, 0.3) is 0 Å². The van der Waals surface area contributed by atoms with Crippen molar-refractivity contribution in [2.24, 2.45) is 5.41 Å². The standard InChI is InChI=1S/C11H11ClN2OS/c12-9-2-1-8(16-9)3-6-14-10(15)11(7-13)4-5-11/h1-2H,3-6H2,(H,14,15). The minimum Gasteiger partial charge on any atom is -0.354 e. The summed E-state index contributed by atoms with van der Waals surface area (Å²) in [4.78, 5) is 12.7. The zero-order valence-electron chi connectivity index (χ0n) is 8.62. The van der Waals surface area contributed by atoms with E-state index < -0.39 is 5.41 Å². The molecule has 3 nitrogen and oxygen atoms in total. The molecular weight excluding hydrogens is 244 g/mol. The Morgan fingerprint density at radius 1 is 1.62 bits per heavy atom. The maximum Gasteiger partial charge on any atom is 0.240 e. The van der Waals surface area contributed by atoms with Gasteiger partial charge in [0, 0.05) is 11.4 Å². The molecule has 2 rings (SSSR count). The number of amides is 1. The van der Waals surface area contributed by atoms with Crippen molar-refractivity contribution in [3.05, 3.63) is 21.3 Å². The molecule has 16 heavy (non-hydrogen) atoms. The lowest BCUT2D eigenvalue weighted by Crippen LogP contribution is -2.32. The molecule has 0 bridgehead atoms. The minimum atomic E-state index is -0.715. The molecular formula is C11H11ClN2OS. The summed E-state index contributed by atoms with van der Waals surface area (Å²) in [6.45, 7) is 0.569. The number of halogens is 1. The first-order valence-corrected chi connectivity index (χ1v) is 6.29. The highest BCUT2D eigenvalue weighted by Gasteiger charge is 2.50. The van der Waals surface area contributed by atoms with E-state index in [9.17, 15) is 4.79 Å². The van der Waals surface area contributed by atoms with E-state index in [-0.39, 0.29) is 5.91 Å². The number of nitriles is 1. The van der Waals surface area contributed by atoms with Gasteiger partial charge in [0.2, 0.25) is 5.91 Å². The monoisotopic (exact) mass is 254 g/mol. The fraction of sp³-hybridized carbons (Fsp3) is 0.455. The quantitative estimate of drug-likeness (QED) is 0.897. The molecule has 1 saturated carbocycles. The maximum absolute atomic E-state index is 11.6. The molecule has 1 heterocycles. The van der Waals surface area contributed by atoms with Crippen molar-refractivity contribution in [1.29, 1.82) is 5.26 Å². The van der Waals surface area contributed by atoms with Gasteiger partial charge in [0.15, 0.2) is 0 Å². The van der Waals surface area contributed by atoms with Crippen LogP contribution in [0.5, 0.6) is 0 Å². The van der Waals surface area contributed by atoms with E-state index in [4.69, 9.17) is 16.9 Å². The molecule has 0 aliphatic heterocycles. The van der Waals surface area contributed by atoms with Gasteiger partial charge in [-0.05, 0) is 31.4 Å². The summed E-state index contributed by atoms with van der Waals surface area (Å²) in [5.74, 6) is -0.127. The second-order valence-corrected chi connectivity index (χ2v) is 5.71. The Kier molecular flexibility index (Phi) is 3.17. The van der Waals surface area contributed by atoms with E-state index in [1.54, 1.807) is 0 Å². The first-order valence-electron chi connectivity index (χ1n) is 5.10. The van der Waals surface area contributed by atoms with E-state index in [2.05, 4.69) is 11.4 Å². The molecule has 1 aromatic rings. The molecule has 0 spiro atoms. The van der Waals surface area contributed by atoms with Crippen molar-refractivity contribution < 1.29 is 4.79 Å². The number of carbonyl (C=O) groups excluding carboxylic acids is 1. The van der Waals surface area contributed by atoms with Crippen LogP contribution in [0.2, 0.25) is 4.34 Å². The first-order chi connectivity index (χ1) is 7.66. The number of nitrogens with zero attached hydrogens (tertiary/aromatic N) is 1. The van der Waals surface area contributed by atoms with Gasteiger partial charge in [-0.3, -0.25) is 4.79 Å². The number of carbonyl (C=O) groups is 1. The normalized spacial score (nSPS) is 16.5. The van der Waals surface area contributed by atoms with Crippen molar-refractivity contribution in [3.8, 4) is 6.07 Å². The lowest BCUT2D eigenvalue weighted by molar-refractivity contribution is -0.124. The molecule has 0 aromatic carbocycles. The summed E-state index contributed by atoms with van der Waals surface area (Å²) < 4.78 is 0.761. The molecule has 0 atom stereocenters. The Balaban J connectivity index is 1.77. The van der Waals surface area contributed by atoms with Gasteiger partial charge < -0.3 is 5.32 Å². The molecule has 1 fully saturated rings. The third-order valence-electron chi connectivity index (χ3n) is 2.68. The molecule has 0 saturated heterocycles. The van der Waals surface area contributed by atoms with E-state index in [1.165, 1.54) is 11.3 Å². The number of nitrogens with one attached hydrogen (secondary N) is 1. The van der Waals surface area contributed by atoms with Crippen molar-refractivity contribution in [3.63, 3.8) is 0 Å². The van der Waals surface area contributed by atoms with Gasteiger partial charge in [-0.15, -0.1) is 11.3 Å². The van der Waals surface area contributed by atoms with Crippen LogP contribution in [0.3, 0.4) is 0 Å². The average Bonchev–Trinajstić information content (AvgIpc) is 2.98. The van der Waals surface area contributed by atoms with Crippen molar-refractivity contribution >= 4 is 28.8 Å². The zero-order chi connectivity index (χ0) is 11.6. The number of hydrogen-bond acceptors (Lipinski definition) is 3. The third-order valence-corrected chi connectivity index (χ3v) is 3.98. The van der Waals surface area contributed by atoms with Crippen molar-refractivity contribution in [2.45, 2.75) is 19.3 Å². The van der Waals surface area contributed by atoms with Crippen LogP contribution in [0, 0.1) is 16.7 Å². The SMILES string of the molecule is N#CC1(C(=O)NCCc2ccc(Cl)s2)CC1. The van der Waals surface area contributed by atoms with Crippen LogP contribution < -0.4 is 5.32 Å². The summed E-state index contributed by atoms with van der Waals surface area (Å²) in [7, 11) is 0. The summed E-state index contributed by atoms with van der Waals surface area (Å²) in [6, 6.07) is 5.88. The van der Waals surface area contributed by atoms with E-state index in [0.29, 0.717) is 19.4 Å². The van der Waals surface area contributed by atoms with Gasteiger partial charge >= 0.3 is 0 Å². The number of hydrogen-bond donors (Lipinski definition) is 1. The van der Waals surface area contributed by atoms with Gasteiger partial charge in [0.05, 0.1) is 10.4 Å². The molecule has 5 heteroatoms. The van der Waals surface area contributed by atoms with Crippen LogP contribution >= 0.6 is 22.9 Å². The molecule has 1 amide bonds. The summed E-state index contributed by atoms with van der Waals surface area (Å²) in [5, 5.41) is 11.6.